The molecular weight excluding hydrogens is 293 g/mol. The summed E-state index contributed by atoms with van der Waals surface area (Å²) in [6, 6.07) is 5.32. The highest BCUT2D eigenvalue weighted by molar-refractivity contribution is 7.16. The number of amides is 1. The van der Waals surface area contributed by atoms with Crippen molar-refractivity contribution in [1.82, 2.24) is 4.90 Å². The lowest BCUT2D eigenvalue weighted by molar-refractivity contribution is 0.0753. The lowest BCUT2D eigenvalue weighted by Gasteiger charge is -2.19. The molecule has 0 aromatic carbocycles. The van der Waals surface area contributed by atoms with Crippen LogP contribution < -0.4 is 0 Å². The van der Waals surface area contributed by atoms with Gasteiger partial charge in [-0.2, -0.15) is 0 Å². The van der Waals surface area contributed by atoms with Gasteiger partial charge in [-0.15, -0.1) is 11.3 Å². The van der Waals surface area contributed by atoms with E-state index in [0.29, 0.717) is 18.7 Å². The standard InChI is InChI=1S/C12H11Cl2NO2S/c1-2-15(7-8-3-4-10(13)18-8)12(16)9-5-6-17-11(9)14/h3-6H,2,7H2,1H3. The summed E-state index contributed by atoms with van der Waals surface area (Å²) in [5.74, 6) is -0.138. The summed E-state index contributed by atoms with van der Waals surface area (Å²) in [5.41, 5.74) is 0.390. The number of halogens is 2. The molecule has 0 spiro atoms. The van der Waals surface area contributed by atoms with Gasteiger partial charge in [0, 0.05) is 11.4 Å². The fourth-order valence-corrected chi connectivity index (χ4v) is 2.87. The Morgan fingerprint density at radius 1 is 1.39 bits per heavy atom. The van der Waals surface area contributed by atoms with E-state index in [1.54, 1.807) is 11.0 Å². The lowest BCUT2D eigenvalue weighted by Crippen LogP contribution is -2.29. The fourth-order valence-electron chi connectivity index (χ4n) is 1.57. The molecule has 0 bridgehead atoms. The lowest BCUT2D eigenvalue weighted by atomic mass is 10.3. The SMILES string of the molecule is CCN(Cc1ccc(Cl)s1)C(=O)c1ccoc1Cl. The Labute approximate surface area is 119 Å². The highest BCUT2D eigenvalue weighted by atomic mass is 35.5. The first kappa shape index (κ1) is 13.5. The van der Waals surface area contributed by atoms with Gasteiger partial charge >= 0.3 is 0 Å². The number of hydrogen-bond donors (Lipinski definition) is 0. The molecule has 0 aliphatic heterocycles. The van der Waals surface area contributed by atoms with Crippen LogP contribution in [0.15, 0.2) is 28.9 Å². The molecule has 0 N–H and O–H groups in total. The van der Waals surface area contributed by atoms with Crippen LogP contribution in [0.3, 0.4) is 0 Å². The summed E-state index contributed by atoms with van der Waals surface area (Å²) in [7, 11) is 0. The van der Waals surface area contributed by atoms with Crippen molar-refractivity contribution in [1.29, 1.82) is 0 Å². The first-order valence-electron chi connectivity index (χ1n) is 5.38. The average molecular weight is 304 g/mol. The topological polar surface area (TPSA) is 33.5 Å². The van der Waals surface area contributed by atoms with E-state index >= 15 is 0 Å². The minimum absolute atomic E-state index is 0.127. The molecule has 0 fully saturated rings. The molecule has 0 radical (unpaired) electrons. The van der Waals surface area contributed by atoms with Gasteiger partial charge in [-0.05, 0) is 36.7 Å². The monoisotopic (exact) mass is 303 g/mol. The van der Waals surface area contributed by atoms with Crippen molar-refractivity contribution in [2.24, 2.45) is 0 Å². The van der Waals surface area contributed by atoms with Gasteiger partial charge in [0.25, 0.3) is 5.91 Å². The van der Waals surface area contributed by atoms with Gasteiger partial charge in [0.1, 0.15) is 0 Å². The molecule has 2 aromatic heterocycles. The van der Waals surface area contributed by atoms with E-state index in [-0.39, 0.29) is 11.1 Å². The maximum atomic E-state index is 12.2. The van der Waals surface area contributed by atoms with Crippen LogP contribution in [0, 0.1) is 0 Å². The summed E-state index contributed by atoms with van der Waals surface area (Å²) in [5, 5.41) is 0.127. The number of thiophene rings is 1. The van der Waals surface area contributed by atoms with Crippen LogP contribution in [0.2, 0.25) is 9.56 Å². The average Bonchev–Trinajstić information content (AvgIpc) is 2.94. The minimum Gasteiger partial charge on any atom is -0.452 e. The van der Waals surface area contributed by atoms with Crippen LogP contribution in [0.4, 0.5) is 0 Å². The number of carbonyl (C=O) groups excluding carboxylic acids is 1. The summed E-state index contributed by atoms with van der Waals surface area (Å²) < 4.78 is 5.65. The van der Waals surface area contributed by atoms with Crippen LogP contribution in [0.25, 0.3) is 0 Å². The van der Waals surface area contributed by atoms with Crippen molar-refractivity contribution in [3.63, 3.8) is 0 Å². The normalized spacial score (nSPS) is 10.6. The number of nitrogens with zero attached hydrogens (tertiary/aromatic N) is 1. The Kier molecular flexibility index (Phi) is 4.32. The van der Waals surface area contributed by atoms with E-state index < -0.39 is 0 Å². The third kappa shape index (κ3) is 2.88. The van der Waals surface area contributed by atoms with Crippen LogP contribution in [-0.2, 0) is 6.54 Å². The van der Waals surface area contributed by atoms with E-state index in [9.17, 15) is 4.79 Å². The van der Waals surface area contributed by atoms with Crippen molar-refractivity contribution in [3.05, 3.63) is 44.5 Å². The molecule has 0 atom stereocenters. The van der Waals surface area contributed by atoms with Gasteiger partial charge < -0.3 is 9.32 Å². The number of hydrogen-bond acceptors (Lipinski definition) is 3. The molecule has 1 amide bonds. The molecule has 2 aromatic rings. The smallest absolute Gasteiger partial charge is 0.259 e. The zero-order chi connectivity index (χ0) is 13.1. The molecule has 18 heavy (non-hydrogen) atoms. The number of rotatable bonds is 4. The molecule has 2 rings (SSSR count). The largest absolute Gasteiger partial charge is 0.452 e. The third-order valence-electron chi connectivity index (χ3n) is 2.49. The fraction of sp³-hybridized carbons (Fsp3) is 0.250. The van der Waals surface area contributed by atoms with Crippen molar-refractivity contribution in [2.75, 3.05) is 6.54 Å². The molecule has 2 heterocycles. The summed E-state index contributed by atoms with van der Waals surface area (Å²) in [6.45, 7) is 3.03. The maximum Gasteiger partial charge on any atom is 0.259 e. The molecule has 0 aliphatic carbocycles. The first-order valence-corrected chi connectivity index (χ1v) is 6.95. The predicted molar refractivity (Wildman–Crippen MR) is 73.5 cm³/mol. The van der Waals surface area contributed by atoms with Gasteiger partial charge in [0.2, 0.25) is 5.22 Å². The highest BCUT2D eigenvalue weighted by Gasteiger charge is 2.19. The molecular formula is C12H11Cl2NO2S. The van der Waals surface area contributed by atoms with Gasteiger partial charge in [-0.1, -0.05) is 11.6 Å². The Morgan fingerprint density at radius 2 is 2.17 bits per heavy atom. The summed E-state index contributed by atoms with van der Waals surface area (Å²) in [6.07, 6.45) is 1.41. The van der Waals surface area contributed by atoms with Gasteiger partial charge in [-0.3, -0.25) is 4.79 Å². The molecule has 96 valence electrons. The molecule has 0 saturated carbocycles. The Hall–Kier alpha value is -0.970. The Balaban J connectivity index is 2.14. The Bertz CT molecular complexity index is 550. The minimum atomic E-state index is -0.138. The summed E-state index contributed by atoms with van der Waals surface area (Å²) >= 11 is 13.1. The van der Waals surface area contributed by atoms with Crippen molar-refractivity contribution in [2.45, 2.75) is 13.5 Å². The van der Waals surface area contributed by atoms with Crippen LogP contribution in [0.5, 0.6) is 0 Å². The molecule has 3 nitrogen and oxygen atoms in total. The van der Waals surface area contributed by atoms with Crippen LogP contribution >= 0.6 is 34.5 Å². The van der Waals surface area contributed by atoms with Crippen LogP contribution in [-0.4, -0.2) is 17.4 Å². The van der Waals surface area contributed by atoms with E-state index in [1.807, 2.05) is 19.1 Å². The molecule has 0 saturated heterocycles. The zero-order valence-corrected chi connectivity index (χ0v) is 12.0. The second-order valence-electron chi connectivity index (χ2n) is 3.63. The second kappa shape index (κ2) is 5.78. The molecule has 0 aliphatic rings. The van der Waals surface area contributed by atoms with E-state index in [0.717, 1.165) is 9.21 Å². The maximum absolute atomic E-state index is 12.2. The van der Waals surface area contributed by atoms with E-state index in [4.69, 9.17) is 27.6 Å². The van der Waals surface area contributed by atoms with Crippen LogP contribution in [0.1, 0.15) is 22.2 Å². The van der Waals surface area contributed by atoms with Crippen molar-refractivity contribution >= 4 is 40.4 Å². The summed E-state index contributed by atoms with van der Waals surface area (Å²) in [4.78, 5) is 15.0. The number of carbonyl (C=O) groups is 1. The second-order valence-corrected chi connectivity index (χ2v) is 5.78. The quantitative estimate of drug-likeness (QED) is 0.843. The zero-order valence-electron chi connectivity index (χ0n) is 9.65. The van der Waals surface area contributed by atoms with Gasteiger partial charge in [0.15, 0.2) is 0 Å². The molecule has 6 heteroatoms. The Morgan fingerprint density at radius 3 is 2.67 bits per heavy atom. The van der Waals surface area contributed by atoms with Gasteiger partial charge in [0.05, 0.1) is 22.7 Å². The van der Waals surface area contributed by atoms with Gasteiger partial charge in [-0.25, -0.2) is 0 Å². The van der Waals surface area contributed by atoms with Crippen molar-refractivity contribution in [3.8, 4) is 0 Å². The highest BCUT2D eigenvalue weighted by Crippen LogP contribution is 2.24. The molecule has 0 unspecified atom stereocenters. The number of furan rings is 1. The first-order chi connectivity index (χ1) is 8.61. The van der Waals surface area contributed by atoms with E-state index in [2.05, 4.69) is 0 Å². The van der Waals surface area contributed by atoms with Crippen molar-refractivity contribution < 1.29 is 9.21 Å². The predicted octanol–water partition coefficient (Wildman–Crippen LogP) is 4.31. The third-order valence-corrected chi connectivity index (χ3v) is 4.00. The van der Waals surface area contributed by atoms with E-state index in [1.165, 1.54) is 17.6 Å².